The first-order valence-corrected chi connectivity index (χ1v) is 6.27. The quantitative estimate of drug-likeness (QED) is 0.777. The van der Waals surface area contributed by atoms with Crippen LogP contribution in [0.4, 0.5) is 5.69 Å². The van der Waals surface area contributed by atoms with Gasteiger partial charge in [-0.2, -0.15) is 0 Å². The summed E-state index contributed by atoms with van der Waals surface area (Å²) in [6, 6.07) is 7.15. The van der Waals surface area contributed by atoms with Crippen LogP contribution in [0.25, 0.3) is 0 Å². The Morgan fingerprint density at radius 2 is 2.00 bits per heavy atom. The fourth-order valence-electron chi connectivity index (χ4n) is 2.18. The number of hydrogen-bond donors (Lipinski definition) is 0. The molecular weight excluding hydrogens is 240 g/mol. The zero-order chi connectivity index (χ0) is 14.0. The largest absolute Gasteiger partial charge is 0.345 e. The van der Waals surface area contributed by atoms with E-state index >= 15 is 0 Å². The number of nitrogens with zero attached hydrogens (tertiary/aromatic N) is 2. The van der Waals surface area contributed by atoms with Crippen molar-refractivity contribution >= 4 is 17.5 Å². The lowest BCUT2D eigenvalue weighted by atomic mass is 10.1. The summed E-state index contributed by atoms with van der Waals surface area (Å²) in [5.74, 6) is 0.287. The smallest absolute Gasteiger partial charge is 0.253 e. The number of amides is 2. The summed E-state index contributed by atoms with van der Waals surface area (Å²) in [5.41, 5.74) is 1.46. The average Bonchev–Trinajstić information content (AvgIpc) is 2.79. The predicted molar refractivity (Wildman–Crippen MR) is 75.1 cm³/mol. The Morgan fingerprint density at radius 3 is 2.47 bits per heavy atom. The summed E-state index contributed by atoms with van der Waals surface area (Å²) in [6.07, 6.45) is 2.34. The van der Waals surface area contributed by atoms with Crippen molar-refractivity contribution in [3.63, 3.8) is 0 Å². The Hall–Kier alpha value is -2.10. The van der Waals surface area contributed by atoms with E-state index in [0.717, 1.165) is 5.69 Å². The van der Waals surface area contributed by atoms with Crippen molar-refractivity contribution in [1.82, 2.24) is 4.90 Å². The summed E-state index contributed by atoms with van der Waals surface area (Å²) in [6.45, 7) is 4.40. The van der Waals surface area contributed by atoms with Gasteiger partial charge < -0.3 is 9.80 Å². The molecule has 0 aliphatic carbocycles. The Balaban J connectivity index is 2.17. The summed E-state index contributed by atoms with van der Waals surface area (Å²) in [5, 5.41) is 0. The van der Waals surface area contributed by atoms with Gasteiger partial charge in [0.15, 0.2) is 0 Å². The van der Waals surface area contributed by atoms with E-state index in [1.54, 1.807) is 31.1 Å². The van der Waals surface area contributed by atoms with Gasteiger partial charge in [-0.1, -0.05) is 6.08 Å². The molecule has 1 atom stereocenters. The molecule has 1 saturated heterocycles. The maximum atomic E-state index is 11.9. The molecule has 2 amide bonds. The standard InChI is InChI=1S/C15H18N2O2/c1-4-11-9-14(18)17(10-11)13-7-5-12(6-8-13)15(19)16(2)3/h4-8,11H,1,9-10H2,2-3H3. The van der Waals surface area contributed by atoms with Gasteiger partial charge in [-0.25, -0.2) is 0 Å². The molecule has 4 nitrogen and oxygen atoms in total. The third-order valence-corrected chi connectivity index (χ3v) is 3.32. The van der Waals surface area contributed by atoms with E-state index in [4.69, 9.17) is 0 Å². The topological polar surface area (TPSA) is 40.6 Å². The Bertz CT molecular complexity index is 505. The first-order valence-electron chi connectivity index (χ1n) is 6.27. The molecule has 1 aliphatic rings. The highest BCUT2D eigenvalue weighted by Gasteiger charge is 2.28. The van der Waals surface area contributed by atoms with Crippen LogP contribution in [-0.4, -0.2) is 37.4 Å². The summed E-state index contributed by atoms with van der Waals surface area (Å²) in [4.78, 5) is 26.9. The second-order valence-corrected chi connectivity index (χ2v) is 4.95. The van der Waals surface area contributed by atoms with Crippen LogP contribution in [0.5, 0.6) is 0 Å². The van der Waals surface area contributed by atoms with E-state index in [1.165, 1.54) is 4.90 Å². The minimum Gasteiger partial charge on any atom is -0.345 e. The van der Waals surface area contributed by atoms with Crippen molar-refractivity contribution in [3.8, 4) is 0 Å². The van der Waals surface area contributed by atoms with Gasteiger partial charge in [-0.15, -0.1) is 6.58 Å². The van der Waals surface area contributed by atoms with Gasteiger partial charge in [-0.05, 0) is 24.3 Å². The van der Waals surface area contributed by atoms with Gasteiger partial charge >= 0.3 is 0 Å². The zero-order valence-electron chi connectivity index (χ0n) is 11.3. The minimum atomic E-state index is -0.0386. The minimum absolute atomic E-state index is 0.0386. The molecule has 0 aromatic heterocycles. The Kier molecular flexibility index (Phi) is 3.69. The van der Waals surface area contributed by atoms with E-state index in [2.05, 4.69) is 6.58 Å². The number of carbonyl (C=O) groups excluding carboxylic acids is 2. The van der Waals surface area contributed by atoms with Crippen molar-refractivity contribution in [2.24, 2.45) is 5.92 Å². The van der Waals surface area contributed by atoms with Crippen molar-refractivity contribution < 1.29 is 9.59 Å². The lowest BCUT2D eigenvalue weighted by Crippen LogP contribution is -2.25. The fourth-order valence-corrected chi connectivity index (χ4v) is 2.18. The lowest BCUT2D eigenvalue weighted by molar-refractivity contribution is -0.117. The molecule has 0 saturated carbocycles. The van der Waals surface area contributed by atoms with Crippen LogP contribution < -0.4 is 4.90 Å². The van der Waals surface area contributed by atoms with Crippen molar-refractivity contribution in [2.75, 3.05) is 25.5 Å². The van der Waals surface area contributed by atoms with E-state index in [1.807, 2.05) is 18.2 Å². The first-order chi connectivity index (χ1) is 9.02. The third-order valence-electron chi connectivity index (χ3n) is 3.32. The molecule has 0 N–H and O–H groups in total. The number of anilines is 1. The summed E-state index contributed by atoms with van der Waals surface area (Å²) < 4.78 is 0. The van der Waals surface area contributed by atoms with E-state index in [-0.39, 0.29) is 17.7 Å². The molecule has 1 aromatic rings. The van der Waals surface area contributed by atoms with E-state index in [9.17, 15) is 9.59 Å². The first kappa shape index (κ1) is 13.3. The van der Waals surface area contributed by atoms with Crippen LogP contribution in [0.15, 0.2) is 36.9 Å². The molecule has 1 aliphatic heterocycles. The van der Waals surface area contributed by atoms with Crippen molar-refractivity contribution in [1.29, 1.82) is 0 Å². The average molecular weight is 258 g/mol. The number of carbonyl (C=O) groups is 2. The van der Waals surface area contributed by atoms with Crippen LogP contribution in [0.3, 0.4) is 0 Å². The van der Waals surface area contributed by atoms with Crippen molar-refractivity contribution in [2.45, 2.75) is 6.42 Å². The molecule has 1 fully saturated rings. The normalized spacial score (nSPS) is 18.5. The highest BCUT2D eigenvalue weighted by Crippen LogP contribution is 2.25. The highest BCUT2D eigenvalue weighted by atomic mass is 16.2. The number of hydrogen-bond acceptors (Lipinski definition) is 2. The van der Waals surface area contributed by atoms with Crippen LogP contribution in [0, 0.1) is 5.92 Å². The third kappa shape index (κ3) is 2.67. The summed E-state index contributed by atoms with van der Waals surface area (Å²) >= 11 is 0. The zero-order valence-corrected chi connectivity index (χ0v) is 11.3. The number of benzene rings is 1. The molecule has 0 radical (unpaired) electrons. The molecular formula is C15H18N2O2. The van der Waals surface area contributed by atoms with Crippen molar-refractivity contribution in [3.05, 3.63) is 42.5 Å². The molecule has 1 heterocycles. The van der Waals surface area contributed by atoms with Gasteiger partial charge in [0, 0.05) is 44.2 Å². The second-order valence-electron chi connectivity index (χ2n) is 4.95. The lowest BCUT2D eigenvalue weighted by Gasteiger charge is -2.17. The van der Waals surface area contributed by atoms with Crippen LogP contribution in [0.1, 0.15) is 16.8 Å². The molecule has 19 heavy (non-hydrogen) atoms. The van der Waals surface area contributed by atoms with Crippen LogP contribution in [0.2, 0.25) is 0 Å². The van der Waals surface area contributed by atoms with E-state index < -0.39 is 0 Å². The Morgan fingerprint density at radius 1 is 1.37 bits per heavy atom. The van der Waals surface area contributed by atoms with Gasteiger partial charge in [-0.3, -0.25) is 9.59 Å². The molecule has 1 unspecified atom stereocenters. The molecule has 2 rings (SSSR count). The highest BCUT2D eigenvalue weighted by molar-refractivity contribution is 5.97. The van der Waals surface area contributed by atoms with Gasteiger partial charge in [0.05, 0.1) is 0 Å². The second kappa shape index (κ2) is 5.26. The number of rotatable bonds is 3. The van der Waals surface area contributed by atoms with Gasteiger partial charge in [0.1, 0.15) is 0 Å². The molecule has 1 aromatic carbocycles. The maximum Gasteiger partial charge on any atom is 0.253 e. The molecule has 4 heteroatoms. The van der Waals surface area contributed by atoms with Crippen LogP contribution >= 0.6 is 0 Å². The molecule has 0 bridgehead atoms. The fraction of sp³-hybridized carbons (Fsp3) is 0.333. The Labute approximate surface area is 113 Å². The predicted octanol–water partition coefficient (Wildman–Crippen LogP) is 1.93. The van der Waals surface area contributed by atoms with Gasteiger partial charge in [0.2, 0.25) is 5.91 Å². The molecule has 0 spiro atoms. The van der Waals surface area contributed by atoms with E-state index in [0.29, 0.717) is 18.5 Å². The summed E-state index contributed by atoms with van der Waals surface area (Å²) in [7, 11) is 3.43. The SMILES string of the molecule is C=CC1CC(=O)N(c2ccc(C(=O)N(C)C)cc2)C1. The molecule has 100 valence electrons. The maximum absolute atomic E-state index is 11.9. The van der Waals surface area contributed by atoms with Gasteiger partial charge in [0.25, 0.3) is 5.91 Å². The monoisotopic (exact) mass is 258 g/mol. The van der Waals surface area contributed by atoms with Crippen LogP contribution in [-0.2, 0) is 4.79 Å².